The molecule has 7 nitrogen and oxygen atoms in total. The van der Waals surface area contributed by atoms with Crippen molar-refractivity contribution in [3.63, 3.8) is 0 Å². The quantitative estimate of drug-likeness (QED) is 0.697. The Morgan fingerprint density at radius 2 is 2.10 bits per heavy atom. The Morgan fingerprint density at radius 1 is 1.20 bits per heavy atom. The zero-order valence-electron chi connectivity index (χ0n) is 12.0. The van der Waals surface area contributed by atoms with Gasteiger partial charge < -0.3 is 14.8 Å². The number of fused-ring (bicyclic) bond motifs is 1. The van der Waals surface area contributed by atoms with Crippen LogP contribution in [0.2, 0.25) is 0 Å². The summed E-state index contributed by atoms with van der Waals surface area (Å²) in [6.07, 6.45) is 5.63. The molecule has 0 bridgehead atoms. The number of hydrogen-bond acceptors (Lipinski definition) is 6. The number of anilines is 1. The van der Waals surface area contributed by atoms with Gasteiger partial charge in [0.2, 0.25) is 5.65 Å². The molecule has 2 aromatic rings. The van der Waals surface area contributed by atoms with Crippen molar-refractivity contribution in [1.82, 2.24) is 19.6 Å². The normalized spacial score (nSPS) is 11.1. The second-order valence-electron chi connectivity index (χ2n) is 4.46. The molecule has 0 fully saturated rings. The van der Waals surface area contributed by atoms with Gasteiger partial charge in [-0.2, -0.15) is 0 Å². The lowest BCUT2D eigenvalue weighted by atomic mass is 10.3. The third-order valence-electron chi connectivity index (χ3n) is 2.94. The van der Waals surface area contributed by atoms with Crippen LogP contribution in [0, 0.1) is 6.92 Å². The van der Waals surface area contributed by atoms with Crippen LogP contribution in [0.1, 0.15) is 18.7 Å². The van der Waals surface area contributed by atoms with E-state index in [1.807, 2.05) is 17.5 Å². The van der Waals surface area contributed by atoms with Gasteiger partial charge in [-0.25, -0.2) is 4.98 Å². The molecular formula is C13H21N5O2. The summed E-state index contributed by atoms with van der Waals surface area (Å²) in [5.41, 5.74) is 0.765. The lowest BCUT2D eigenvalue weighted by molar-refractivity contribution is 0.0691. The van der Waals surface area contributed by atoms with E-state index >= 15 is 0 Å². The van der Waals surface area contributed by atoms with Crippen molar-refractivity contribution in [1.29, 1.82) is 0 Å². The van der Waals surface area contributed by atoms with E-state index in [1.54, 1.807) is 13.3 Å². The molecule has 2 aromatic heterocycles. The minimum absolute atomic E-state index is 0.649. The van der Waals surface area contributed by atoms with Crippen molar-refractivity contribution in [3.8, 4) is 0 Å². The van der Waals surface area contributed by atoms with Crippen molar-refractivity contribution >= 4 is 11.5 Å². The number of methoxy groups -OCH3 is 1. The van der Waals surface area contributed by atoms with Gasteiger partial charge in [0.05, 0.1) is 13.2 Å². The molecule has 0 aliphatic rings. The Balaban J connectivity index is 1.71. The fourth-order valence-electron chi connectivity index (χ4n) is 1.85. The standard InChI is InChI=1S/C13H21N5O2/c1-11-16-17-13-12(15-6-7-18(11)13)14-5-3-4-8-20-10-9-19-2/h6-7H,3-5,8-10H2,1-2H3,(H,14,15). The Hall–Kier alpha value is -1.73. The fourth-order valence-corrected chi connectivity index (χ4v) is 1.85. The zero-order chi connectivity index (χ0) is 14.2. The van der Waals surface area contributed by atoms with Crippen molar-refractivity contribution in [2.24, 2.45) is 0 Å². The highest BCUT2D eigenvalue weighted by atomic mass is 16.5. The molecule has 7 heteroatoms. The summed E-state index contributed by atoms with van der Waals surface area (Å²) < 4.78 is 12.2. The Labute approximate surface area is 118 Å². The Bertz CT molecular complexity index is 528. The number of aryl methyl sites for hydroxylation is 1. The molecule has 0 radical (unpaired) electrons. The van der Waals surface area contributed by atoms with Crippen LogP contribution in [0.4, 0.5) is 5.82 Å². The van der Waals surface area contributed by atoms with Crippen LogP contribution in [0.5, 0.6) is 0 Å². The number of rotatable bonds is 9. The van der Waals surface area contributed by atoms with E-state index in [9.17, 15) is 0 Å². The SMILES string of the molecule is COCCOCCCCNc1nccn2c(C)nnc12. The molecule has 2 heterocycles. The van der Waals surface area contributed by atoms with Gasteiger partial charge in [0, 0.05) is 32.7 Å². The minimum atomic E-state index is 0.649. The molecule has 0 atom stereocenters. The van der Waals surface area contributed by atoms with E-state index in [4.69, 9.17) is 9.47 Å². The van der Waals surface area contributed by atoms with Gasteiger partial charge >= 0.3 is 0 Å². The second kappa shape index (κ2) is 7.76. The molecule has 110 valence electrons. The van der Waals surface area contributed by atoms with E-state index < -0.39 is 0 Å². The van der Waals surface area contributed by atoms with Crippen LogP contribution in [-0.2, 0) is 9.47 Å². The summed E-state index contributed by atoms with van der Waals surface area (Å²) >= 11 is 0. The zero-order valence-corrected chi connectivity index (χ0v) is 12.0. The molecule has 0 saturated carbocycles. The van der Waals surface area contributed by atoms with Gasteiger partial charge in [0.1, 0.15) is 5.82 Å². The van der Waals surface area contributed by atoms with Gasteiger partial charge in [-0.15, -0.1) is 10.2 Å². The molecule has 0 aliphatic carbocycles. The highest BCUT2D eigenvalue weighted by Crippen LogP contribution is 2.11. The molecule has 2 rings (SSSR count). The van der Waals surface area contributed by atoms with Gasteiger partial charge in [-0.1, -0.05) is 0 Å². The van der Waals surface area contributed by atoms with Gasteiger partial charge in [0.25, 0.3) is 0 Å². The summed E-state index contributed by atoms with van der Waals surface area (Å²) in [6, 6.07) is 0. The van der Waals surface area contributed by atoms with Crippen LogP contribution in [0.15, 0.2) is 12.4 Å². The fraction of sp³-hybridized carbons (Fsp3) is 0.615. The highest BCUT2D eigenvalue weighted by molar-refractivity contribution is 5.61. The molecule has 20 heavy (non-hydrogen) atoms. The number of nitrogens with one attached hydrogen (secondary N) is 1. The molecule has 0 aliphatic heterocycles. The van der Waals surface area contributed by atoms with Crippen LogP contribution in [-0.4, -0.2) is 53.1 Å². The van der Waals surface area contributed by atoms with Crippen LogP contribution >= 0.6 is 0 Å². The summed E-state index contributed by atoms with van der Waals surface area (Å²) in [7, 11) is 1.67. The lowest BCUT2D eigenvalue weighted by Crippen LogP contribution is -2.08. The van der Waals surface area contributed by atoms with Crippen molar-refractivity contribution in [3.05, 3.63) is 18.2 Å². The maximum Gasteiger partial charge on any atom is 0.203 e. The topological polar surface area (TPSA) is 73.6 Å². The van der Waals surface area contributed by atoms with Crippen LogP contribution < -0.4 is 5.32 Å². The molecule has 0 saturated heterocycles. The van der Waals surface area contributed by atoms with E-state index in [0.29, 0.717) is 13.2 Å². The first-order valence-corrected chi connectivity index (χ1v) is 6.80. The minimum Gasteiger partial charge on any atom is -0.382 e. The number of hydrogen-bond donors (Lipinski definition) is 1. The third-order valence-corrected chi connectivity index (χ3v) is 2.94. The van der Waals surface area contributed by atoms with E-state index in [-0.39, 0.29) is 0 Å². The van der Waals surface area contributed by atoms with E-state index in [2.05, 4.69) is 20.5 Å². The predicted octanol–water partition coefficient (Wildman–Crippen LogP) is 1.29. The first-order valence-electron chi connectivity index (χ1n) is 6.80. The smallest absolute Gasteiger partial charge is 0.203 e. The van der Waals surface area contributed by atoms with Crippen molar-refractivity contribution in [2.75, 3.05) is 38.8 Å². The molecule has 0 amide bonds. The van der Waals surface area contributed by atoms with Crippen molar-refractivity contribution in [2.45, 2.75) is 19.8 Å². The summed E-state index contributed by atoms with van der Waals surface area (Å²) in [5.74, 6) is 1.63. The summed E-state index contributed by atoms with van der Waals surface area (Å²) in [5, 5.41) is 11.4. The summed E-state index contributed by atoms with van der Waals surface area (Å²) in [4.78, 5) is 4.30. The number of nitrogens with zero attached hydrogens (tertiary/aromatic N) is 4. The molecular weight excluding hydrogens is 258 g/mol. The summed E-state index contributed by atoms with van der Waals surface area (Å²) in [6.45, 7) is 4.82. The molecule has 0 aromatic carbocycles. The van der Waals surface area contributed by atoms with Gasteiger partial charge in [-0.3, -0.25) is 4.40 Å². The molecule has 1 N–H and O–H groups in total. The van der Waals surface area contributed by atoms with Gasteiger partial charge in [-0.05, 0) is 19.8 Å². The van der Waals surface area contributed by atoms with E-state index in [1.165, 1.54) is 0 Å². The molecule has 0 unspecified atom stereocenters. The Kier molecular flexibility index (Phi) is 5.69. The maximum absolute atomic E-state index is 5.41. The lowest BCUT2D eigenvalue weighted by Gasteiger charge is -2.07. The average Bonchev–Trinajstić information content (AvgIpc) is 2.84. The average molecular weight is 279 g/mol. The third kappa shape index (κ3) is 3.88. The number of unbranched alkanes of at least 4 members (excludes halogenated alkanes) is 1. The largest absolute Gasteiger partial charge is 0.382 e. The first-order chi connectivity index (χ1) is 9.83. The van der Waals surface area contributed by atoms with Crippen LogP contribution in [0.3, 0.4) is 0 Å². The highest BCUT2D eigenvalue weighted by Gasteiger charge is 2.06. The second-order valence-corrected chi connectivity index (χ2v) is 4.46. The van der Waals surface area contributed by atoms with Crippen LogP contribution in [0.25, 0.3) is 5.65 Å². The van der Waals surface area contributed by atoms with Gasteiger partial charge in [0.15, 0.2) is 5.82 Å². The molecule has 0 spiro atoms. The monoisotopic (exact) mass is 279 g/mol. The maximum atomic E-state index is 5.41. The Morgan fingerprint density at radius 3 is 2.95 bits per heavy atom. The number of aromatic nitrogens is 4. The predicted molar refractivity (Wildman–Crippen MR) is 75.9 cm³/mol. The van der Waals surface area contributed by atoms with E-state index in [0.717, 1.165) is 43.3 Å². The first kappa shape index (κ1) is 14.7. The van der Waals surface area contributed by atoms with Crippen molar-refractivity contribution < 1.29 is 9.47 Å². The number of ether oxygens (including phenoxy) is 2.